The fourth-order valence-corrected chi connectivity index (χ4v) is 5.38. The molecule has 1 aliphatic rings. The van der Waals surface area contributed by atoms with Crippen LogP contribution in [-0.4, -0.2) is 20.6 Å². The standard InChI is InChI=1S/C28H30ClNO4S/c1-27(2,3)22-11-9-20(10-12-22)18-33-19-28(4)16-15-21-17-23(13-14-25(21)34-28)30-35(31,32)26-8-6-5-7-24(26)29/h5-17,30H,18-19H2,1-4H3. The maximum absolute atomic E-state index is 12.7. The molecule has 0 amide bonds. The van der Waals surface area contributed by atoms with Crippen molar-refractivity contribution in [1.82, 2.24) is 0 Å². The number of rotatable bonds is 7. The van der Waals surface area contributed by atoms with Crippen molar-refractivity contribution in [3.63, 3.8) is 0 Å². The molecule has 0 bridgehead atoms. The molecule has 184 valence electrons. The lowest BCUT2D eigenvalue weighted by molar-refractivity contribution is 0.00631. The molecule has 0 radical (unpaired) electrons. The molecule has 0 aliphatic carbocycles. The van der Waals surface area contributed by atoms with Crippen molar-refractivity contribution in [1.29, 1.82) is 0 Å². The molecule has 1 aliphatic heterocycles. The molecule has 1 N–H and O–H groups in total. The van der Waals surface area contributed by atoms with E-state index in [1.165, 1.54) is 11.6 Å². The maximum atomic E-state index is 12.7. The number of anilines is 1. The zero-order valence-corrected chi connectivity index (χ0v) is 21.9. The van der Waals surface area contributed by atoms with E-state index in [2.05, 4.69) is 49.8 Å². The van der Waals surface area contributed by atoms with Gasteiger partial charge >= 0.3 is 0 Å². The summed E-state index contributed by atoms with van der Waals surface area (Å²) in [4.78, 5) is 0.0314. The Kier molecular flexibility index (Phi) is 7.00. The molecule has 0 saturated heterocycles. The van der Waals surface area contributed by atoms with Crippen LogP contribution in [0.1, 0.15) is 44.4 Å². The first-order valence-corrected chi connectivity index (χ1v) is 13.3. The molecule has 35 heavy (non-hydrogen) atoms. The van der Waals surface area contributed by atoms with E-state index in [-0.39, 0.29) is 15.3 Å². The second-order valence-corrected chi connectivity index (χ2v) is 12.0. The van der Waals surface area contributed by atoms with Crippen molar-refractivity contribution < 1.29 is 17.9 Å². The molecule has 3 aromatic rings. The topological polar surface area (TPSA) is 64.6 Å². The predicted octanol–water partition coefficient (Wildman–Crippen LogP) is 6.82. The second-order valence-electron chi connectivity index (χ2n) is 9.98. The Bertz CT molecular complexity index is 1340. The fourth-order valence-electron chi connectivity index (χ4n) is 3.81. The van der Waals surface area contributed by atoms with Gasteiger partial charge in [0.25, 0.3) is 10.0 Å². The van der Waals surface area contributed by atoms with Crippen molar-refractivity contribution in [2.45, 2.75) is 50.2 Å². The van der Waals surface area contributed by atoms with Gasteiger partial charge in [0.15, 0.2) is 0 Å². The third-order valence-electron chi connectivity index (χ3n) is 5.82. The molecule has 3 aromatic carbocycles. The van der Waals surface area contributed by atoms with E-state index in [9.17, 15) is 8.42 Å². The molecule has 0 fully saturated rings. The lowest BCUT2D eigenvalue weighted by atomic mass is 9.87. The number of benzene rings is 3. The average molecular weight is 512 g/mol. The third kappa shape index (κ3) is 6.07. The Morgan fingerprint density at radius 3 is 2.43 bits per heavy atom. The highest BCUT2D eigenvalue weighted by Crippen LogP contribution is 2.34. The maximum Gasteiger partial charge on any atom is 0.263 e. The minimum Gasteiger partial charge on any atom is -0.480 e. The molecular formula is C28H30ClNO4S. The van der Waals surface area contributed by atoms with Gasteiger partial charge in [0.05, 0.1) is 18.2 Å². The highest BCUT2D eigenvalue weighted by Gasteiger charge is 2.28. The van der Waals surface area contributed by atoms with Gasteiger partial charge in [-0.05, 0) is 59.9 Å². The summed E-state index contributed by atoms with van der Waals surface area (Å²) < 4.78 is 40.2. The molecule has 1 unspecified atom stereocenters. The molecule has 0 saturated carbocycles. The van der Waals surface area contributed by atoms with Crippen LogP contribution >= 0.6 is 11.6 Å². The number of fused-ring (bicyclic) bond motifs is 1. The Morgan fingerprint density at radius 1 is 1.03 bits per heavy atom. The SMILES string of the molecule is CC1(COCc2ccc(C(C)(C)C)cc2)C=Cc2cc(NS(=O)(=O)c3ccccc3Cl)ccc2O1. The lowest BCUT2D eigenvalue weighted by Crippen LogP contribution is -2.37. The quantitative estimate of drug-likeness (QED) is 0.378. The number of hydrogen-bond acceptors (Lipinski definition) is 4. The summed E-state index contributed by atoms with van der Waals surface area (Å²) in [5, 5.41) is 0.169. The van der Waals surface area contributed by atoms with E-state index in [4.69, 9.17) is 21.1 Å². The summed E-state index contributed by atoms with van der Waals surface area (Å²) in [5.74, 6) is 0.661. The van der Waals surface area contributed by atoms with Crippen molar-refractivity contribution in [2.75, 3.05) is 11.3 Å². The highest BCUT2D eigenvalue weighted by atomic mass is 35.5. The first-order chi connectivity index (χ1) is 16.5. The fraction of sp³-hybridized carbons (Fsp3) is 0.286. The smallest absolute Gasteiger partial charge is 0.263 e. The first kappa shape index (κ1) is 25.3. The van der Waals surface area contributed by atoms with E-state index >= 15 is 0 Å². The van der Waals surface area contributed by atoms with Crippen molar-refractivity contribution in [3.05, 3.63) is 94.5 Å². The first-order valence-electron chi connectivity index (χ1n) is 11.4. The van der Waals surface area contributed by atoms with Gasteiger partial charge < -0.3 is 9.47 Å². The highest BCUT2D eigenvalue weighted by molar-refractivity contribution is 7.92. The Morgan fingerprint density at radius 2 is 1.74 bits per heavy atom. The van der Waals surface area contributed by atoms with Gasteiger partial charge in [0.1, 0.15) is 16.2 Å². The van der Waals surface area contributed by atoms with Gasteiger partial charge in [0, 0.05) is 11.3 Å². The third-order valence-corrected chi connectivity index (χ3v) is 7.71. The van der Waals surface area contributed by atoms with Crippen LogP contribution in [0, 0.1) is 0 Å². The summed E-state index contributed by atoms with van der Waals surface area (Å²) in [5.41, 5.74) is 3.09. The molecule has 1 atom stereocenters. The van der Waals surface area contributed by atoms with Crippen LogP contribution in [0.2, 0.25) is 5.02 Å². The van der Waals surface area contributed by atoms with Crippen molar-refractivity contribution in [2.24, 2.45) is 0 Å². The number of hydrogen-bond donors (Lipinski definition) is 1. The van der Waals surface area contributed by atoms with Crippen molar-refractivity contribution >= 4 is 33.4 Å². The van der Waals surface area contributed by atoms with Crippen LogP contribution in [0.15, 0.2) is 77.7 Å². The summed E-state index contributed by atoms with van der Waals surface area (Å²) in [6.45, 7) is 9.42. The average Bonchev–Trinajstić information content (AvgIpc) is 2.79. The van der Waals surface area contributed by atoms with E-state index in [0.717, 1.165) is 11.1 Å². The summed E-state index contributed by atoms with van der Waals surface area (Å²) in [6.07, 6.45) is 3.86. The number of ether oxygens (including phenoxy) is 2. The van der Waals surface area contributed by atoms with Crippen LogP contribution in [-0.2, 0) is 26.8 Å². The van der Waals surface area contributed by atoms with E-state index < -0.39 is 15.6 Å². The lowest BCUT2D eigenvalue weighted by Gasteiger charge is -2.31. The molecule has 5 nitrogen and oxygen atoms in total. The van der Waals surface area contributed by atoms with Gasteiger partial charge in [-0.2, -0.15) is 0 Å². The van der Waals surface area contributed by atoms with E-state index in [1.807, 2.05) is 19.1 Å². The minimum atomic E-state index is -3.81. The molecule has 1 heterocycles. The van der Waals surface area contributed by atoms with Gasteiger partial charge in [-0.3, -0.25) is 4.72 Å². The zero-order valence-electron chi connectivity index (χ0n) is 20.3. The zero-order chi connectivity index (χ0) is 25.3. The van der Waals surface area contributed by atoms with Crippen LogP contribution < -0.4 is 9.46 Å². The Balaban J connectivity index is 1.39. The Hall–Kier alpha value is -2.80. The summed E-state index contributed by atoms with van der Waals surface area (Å²) in [6, 6.07) is 20.0. The Labute approximate surface area is 212 Å². The van der Waals surface area contributed by atoms with E-state index in [0.29, 0.717) is 24.7 Å². The number of halogens is 1. The number of sulfonamides is 1. The van der Waals surface area contributed by atoms with Gasteiger partial charge in [-0.15, -0.1) is 0 Å². The number of nitrogens with one attached hydrogen (secondary N) is 1. The minimum absolute atomic E-state index is 0.0314. The van der Waals surface area contributed by atoms with Crippen LogP contribution in [0.25, 0.3) is 6.08 Å². The molecule has 0 spiro atoms. The molecule has 7 heteroatoms. The van der Waals surface area contributed by atoms with Gasteiger partial charge in [0.2, 0.25) is 0 Å². The predicted molar refractivity (Wildman–Crippen MR) is 142 cm³/mol. The summed E-state index contributed by atoms with van der Waals surface area (Å²) >= 11 is 6.07. The molecule has 0 aromatic heterocycles. The van der Waals surface area contributed by atoms with Gasteiger partial charge in [-0.25, -0.2) is 8.42 Å². The molecule has 4 rings (SSSR count). The summed E-state index contributed by atoms with van der Waals surface area (Å²) in [7, 11) is -3.81. The normalized spacial score (nSPS) is 17.5. The van der Waals surface area contributed by atoms with Crippen LogP contribution in [0.4, 0.5) is 5.69 Å². The monoisotopic (exact) mass is 511 g/mol. The molecular weight excluding hydrogens is 482 g/mol. The van der Waals surface area contributed by atoms with Crippen LogP contribution in [0.5, 0.6) is 5.75 Å². The second kappa shape index (κ2) is 9.69. The van der Waals surface area contributed by atoms with Crippen molar-refractivity contribution in [3.8, 4) is 5.75 Å². The van der Waals surface area contributed by atoms with E-state index in [1.54, 1.807) is 36.4 Å². The largest absolute Gasteiger partial charge is 0.480 e. The van der Waals surface area contributed by atoms with Crippen LogP contribution in [0.3, 0.4) is 0 Å². The van der Waals surface area contributed by atoms with Gasteiger partial charge in [-0.1, -0.05) is 74.8 Å².